The summed E-state index contributed by atoms with van der Waals surface area (Å²) >= 11 is 0. The minimum atomic E-state index is -1.10. The van der Waals surface area contributed by atoms with Crippen LogP contribution in [-0.4, -0.2) is 6.17 Å². The van der Waals surface area contributed by atoms with E-state index in [2.05, 4.69) is 6.92 Å². The first kappa shape index (κ1) is 14.5. The van der Waals surface area contributed by atoms with Crippen LogP contribution in [0.3, 0.4) is 0 Å². The molecule has 0 nitrogen and oxygen atoms in total. The van der Waals surface area contributed by atoms with Crippen LogP contribution in [0.5, 0.6) is 0 Å². The van der Waals surface area contributed by atoms with E-state index >= 15 is 0 Å². The SMILES string of the molecule is [CH2]CC1=CC=CC(F)C1=C(c1ccccc1)c1ccccc1. The summed E-state index contributed by atoms with van der Waals surface area (Å²) in [6, 6.07) is 20.0. The average Bonchev–Trinajstić information content (AvgIpc) is 2.58. The predicted molar refractivity (Wildman–Crippen MR) is 91.0 cm³/mol. The van der Waals surface area contributed by atoms with Crippen LogP contribution in [0.1, 0.15) is 17.5 Å². The molecule has 1 radical (unpaired) electrons. The van der Waals surface area contributed by atoms with Crippen molar-refractivity contribution in [1.82, 2.24) is 0 Å². The van der Waals surface area contributed by atoms with Crippen molar-refractivity contribution in [2.45, 2.75) is 12.6 Å². The molecule has 0 aliphatic heterocycles. The van der Waals surface area contributed by atoms with Crippen LogP contribution >= 0.6 is 0 Å². The average molecular weight is 289 g/mol. The molecule has 0 heterocycles. The Bertz CT molecular complexity index is 680. The summed E-state index contributed by atoms with van der Waals surface area (Å²) in [5, 5.41) is 0. The summed E-state index contributed by atoms with van der Waals surface area (Å²) in [6.07, 6.45) is 4.81. The monoisotopic (exact) mass is 289 g/mol. The molecule has 0 bridgehead atoms. The Kier molecular flexibility index (Phi) is 4.34. The lowest BCUT2D eigenvalue weighted by Gasteiger charge is -2.22. The first-order valence-corrected chi connectivity index (χ1v) is 7.47. The Hall–Kier alpha value is -2.41. The lowest BCUT2D eigenvalue weighted by Crippen LogP contribution is -2.11. The van der Waals surface area contributed by atoms with Gasteiger partial charge in [0.15, 0.2) is 0 Å². The lowest BCUT2D eigenvalue weighted by atomic mass is 9.84. The molecule has 109 valence electrons. The molecule has 0 amide bonds. The zero-order valence-electron chi connectivity index (χ0n) is 12.4. The first-order valence-electron chi connectivity index (χ1n) is 7.47. The fraction of sp³-hybridized carbons (Fsp3) is 0.0952. The van der Waals surface area contributed by atoms with Gasteiger partial charge in [-0.2, -0.15) is 0 Å². The Morgan fingerprint density at radius 1 is 0.909 bits per heavy atom. The maximum Gasteiger partial charge on any atom is 0.145 e. The molecule has 1 heteroatoms. The van der Waals surface area contributed by atoms with Crippen LogP contribution in [0.4, 0.5) is 4.39 Å². The Balaban J connectivity index is 2.28. The van der Waals surface area contributed by atoms with Gasteiger partial charge in [-0.3, -0.25) is 0 Å². The molecule has 22 heavy (non-hydrogen) atoms. The van der Waals surface area contributed by atoms with E-state index in [1.807, 2.05) is 66.7 Å². The molecule has 0 saturated heterocycles. The molecule has 0 saturated carbocycles. The van der Waals surface area contributed by atoms with Crippen molar-refractivity contribution in [3.05, 3.63) is 108 Å². The van der Waals surface area contributed by atoms with Gasteiger partial charge in [0.2, 0.25) is 0 Å². The van der Waals surface area contributed by atoms with Crippen LogP contribution in [-0.2, 0) is 0 Å². The number of rotatable bonds is 3. The van der Waals surface area contributed by atoms with Gasteiger partial charge in [0.25, 0.3) is 0 Å². The minimum Gasteiger partial charge on any atom is -0.238 e. The molecule has 3 rings (SSSR count). The topological polar surface area (TPSA) is 0 Å². The molecule has 1 atom stereocenters. The normalized spacial score (nSPS) is 17.3. The molecule has 1 aliphatic carbocycles. The molecule has 0 N–H and O–H groups in total. The summed E-state index contributed by atoms with van der Waals surface area (Å²) < 4.78 is 14.7. The van der Waals surface area contributed by atoms with Crippen molar-refractivity contribution >= 4 is 5.57 Å². The van der Waals surface area contributed by atoms with Gasteiger partial charge in [-0.1, -0.05) is 72.8 Å². The van der Waals surface area contributed by atoms with E-state index in [1.54, 1.807) is 12.2 Å². The van der Waals surface area contributed by atoms with Crippen molar-refractivity contribution in [3.63, 3.8) is 0 Å². The quantitative estimate of drug-likeness (QED) is 0.695. The zero-order valence-corrected chi connectivity index (χ0v) is 12.4. The van der Waals surface area contributed by atoms with Gasteiger partial charge in [-0.25, -0.2) is 4.39 Å². The van der Waals surface area contributed by atoms with E-state index in [9.17, 15) is 4.39 Å². The van der Waals surface area contributed by atoms with Crippen molar-refractivity contribution in [1.29, 1.82) is 0 Å². The third-order valence-electron chi connectivity index (χ3n) is 3.86. The fourth-order valence-electron chi connectivity index (χ4n) is 2.84. The molecule has 1 aliphatic rings. The molecule has 2 aromatic carbocycles. The second-order valence-electron chi connectivity index (χ2n) is 5.25. The standard InChI is InChI=1S/C21H18F/c1-2-16-14-9-15-19(22)21(16)20(17-10-5-3-6-11-17)18-12-7-4-8-13-18/h3-15,19H,1-2H2. The van der Waals surface area contributed by atoms with E-state index in [4.69, 9.17) is 0 Å². The summed E-state index contributed by atoms with van der Waals surface area (Å²) in [5.74, 6) is 0. The highest BCUT2D eigenvalue weighted by Crippen LogP contribution is 2.36. The molecular formula is C21H18F. The van der Waals surface area contributed by atoms with E-state index in [-0.39, 0.29) is 0 Å². The largest absolute Gasteiger partial charge is 0.238 e. The fourth-order valence-corrected chi connectivity index (χ4v) is 2.84. The molecule has 1 unspecified atom stereocenters. The third-order valence-corrected chi connectivity index (χ3v) is 3.86. The second-order valence-corrected chi connectivity index (χ2v) is 5.25. The van der Waals surface area contributed by atoms with E-state index in [0.717, 1.165) is 27.8 Å². The van der Waals surface area contributed by atoms with Gasteiger partial charge < -0.3 is 0 Å². The van der Waals surface area contributed by atoms with Crippen LogP contribution in [0.2, 0.25) is 0 Å². The highest BCUT2D eigenvalue weighted by atomic mass is 19.1. The van der Waals surface area contributed by atoms with Crippen molar-refractivity contribution in [3.8, 4) is 0 Å². The number of allylic oxidation sites excluding steroid dienone is 5. The van der Waals surface area contributed by atoms with Gasteiger partial charge in [0, 0.05) is 5.57 Å². The molecular weight excluding hydrogens is 271 g/mol. The van der Waals surface area contributed by atoms with Crippen molar-refractivity contribution in [2.24, 2.45) is 0 Å². The first-order chi connectivity index (χ1) is 10.8. The maximum absolute atomic E-state index is 14.7. The highest BCUT2D eigenvalue weighted by molar-refractivity contribution is 5.86. The van der Waals surface area contributed by atoms with Crippen molar-refractivity contribution in [2.75, 3.05) is 0 Å². The second kappa shape index (κ2) is 6.57. The van der Waals surface area contributed by atoms with Gasteiger partial charge >= 0.3 is 0 Å². The van der Waals surface area contributed by atoms with Crippen molar-refractivity contribution < 1.29 is 4.39 Å². The van der Waals surface area contributed by atoms with Crippen LogP contribution in [0.25, 0.3) is 5.57 Å². The summed E-state index contributed by atoms with van der Waals surface area (Å²) in [5.41, 5.74) is 4.70. The number of alkyl halides is 1. The van der Waals surface area contributed by atoms with Gasteiger partial charge in [-0.05, 0) is 41.7 Å². The summed E-state index contributed by atoms with van der Waals surface area (Å²) in [7, 11) is 0. The zero-order chi connectivity index (χ0) is 15.4. The number of benzene rings is 2. The smallest absolute Gasteiger partial charge is 0.145 e. The summed E-state index contributed by atoms with van der Waals surface area (Å²) in [6.45, 7) is 3.96. The van der Waals surface area contributed by atoms with Crippen LogP contribution < -0.4 is 0 Å². The summed E-state index contributed by atoms with van der Waals surface area (Å²) in [4.78, 5) is 0. The maximum atomic E-state index is 14.7. The lowest BCUT2D eigenvalue weighted by molar-refractivity contribution is 0.451. The van der Waals surface area contributed by atoms with Crippen LogP contribution in [0.15, 0.2) is 90.0 Å². The van der Waals surface area contributed by atoms with Gasteiger partial charge in [0.05, 0.1) is 0 Å². The Labute approximate surface area is 131 Å². The minimum absolute atomic E-state index is 0.573. The number of halogens is 1. The van der Waals surface area contributed by atoms with E-state index in [1.165, 1.54) is 0 Å². The number of hydrogen-bond donors (Lipinski definition) is 0. The molecule has 0 spiro atoms. The van der Waals surface area contributed by atoms with Crippen LogP contribution in [0, 0.1) is 6.92 Å². The molecule has 0 fully saturated rings. The molecule has 2 aromatic rings. The highest BCUT2D eigenvalue weighted by Gasteiger charge is 2.22. The van der Waals surface area contributed by atoms with E-state index < -0.39 is 6.17 Å². The number of hydrogen-bond acceptors (Lipinski definition) is 0. The third kappa shape index (κ3) is 2.80. The van der Waals surface area contributed by atoms with E-state index in [0.29, 0.717) is 6.42 Å². The van der Waals surface area contributed by atoms with Gasteiger partial charge in [0.1, 0.15) is 6.17 Å². The predicted octanol–water partition coefficient (Wildman–Crippen LogP) is 5.55. The molecule has 0 aromatic heterocycles. The Morgan fingerprint density at radius 2 is 1.45 bits per heavy atom. The Morgan fingerprint density at radius 3 is 1.95 bits per heavy atom. The van der Waals surface area contributed by atoms with Gasteiger partial charge in [-0.15, -0.1) is 0 Å².